The van der Waals surface area contributed by atoms with Crippen molar-refractivity contribution in [2.24, 2.45) is 0 Å². The van der Waals surface area contributed by atoms with Gasteiger partial charge in [0, 0.05) is 11.6 Å². The van der Waals surface area contributed by atoms with Gasteiger partial charge in [0.25, 0.3) is 0 Å². The number of rotatable bonds is 4. The van der Waals surface area contributed by atoms with Gasteiger partial charge in [0.2, 0.25) is 0 Å². The third-order valence-corrected chi connectivity index (χ3v) is 3.52. The highest BCUT2D eigenvalue weighted by atomic mass is 35.5. The lowest BCUT2D eigenvalue weighted by Crippen LogP contribution is -1.98. The molecule has 0 spiro atoms. The molecule has 0 radical (unpaired) electrons. The molecule has 100 valence electrons. The summed E-state index contributed by atoms with van der Waals surface area (Å²) >= 11 is 11.8. The molecule has 2 aromatic carbocycles. The second kappa shape index (κ2) is 6.29. The van der Waals surface area contributed by atoms with Gasteiger partial charge in [0.05, 0.1) is 16.1 Å². The molecule has 0 bridgehead atoms. The summed E-state index contributed by atoms with van der Waals surface area (Å²) in [5, 5.41) is 10.9. The summed E-state index contributed by atoms with van der Waals surface area (Å²) in [7, 11) is 0. The summed E-state index contributed by atoms with van der Waals surface area (Å²) in [6.45, 7) is 1.92. The van der Waals surface area contributed by atoms with Crippen molar-refractivity contribution in [2.75, 3.05) is 0 Å². The summed E-state index contributed by atoms with van der Waals surface area (Å²) in [4.78, 5) is 0. The minimum absolute atomic E-state index is 0.438. The van der Waals surface area contributed by atoms with Crippen LogP contribution in [0.25, 0.3) is 0 Å². The fourth-order valence-electron chi connectivity index (χ4n) is 1.74. The van der Waals surface area contributed by atoms with Gasteiger partial charge in [-0.2, -0.15) is 0 Å². The summed E-state index contributed by atoms with van der Waals surface area (Å²) in [6, 6.07) is 12.5. The van der Waals surface area contributed by atoms with Crippen molar-refractivity contribution < 1.29 is 9.84 Å². The molecule has 1 atom stereocenters. The fourth-order valence-corrected chi connectivity index (χ4v) is 2.02. The maximum Gasteiger partial charge on any atom is 0.133 e. The molecule has 0 aromatic heterocycles. The summed E-state index contributed by atoms with van der Waals surface area (Å²) in [6.07, 6.45) is 0.0841. The second-order valence-corrected chi connectivity index (χ2v) is 4.95. The Labute approximate surface area is 122 Å². The van der Waals surface area contributed by atoms with E-state index in [0.29, 0.717) is 28.0 Å². The number of aliphatic hydroxyl groups excluding tert-OH is 1. The van der Waals surface area contributed by atoms with Gasteiger partial charge in [0.1, 0.15) is 11.5 Å². The molecule has 2 rings (SSSR count). The van der Waals surface area contributed by atoms with Gasteiger partial charge in [-0.1, -0.05) is 48.3 Å². The van der Waals surface area contributed by atoms with E-state index in [1.165, 1.54) is 0 Å². The van der Waals surface area contributed by atoms with Crippen LogP contribution in [-0.2, 0) is 0 Å². The molecule has 0 saturated heterocycles. The average Bonchev–Trinajstić information content (AvgIpc) is 2.43. The first-order valence-corrected chi connectivity index (χ1v) is 6.77. The monoisotopic (exact) mass is 296 g/mol. The van der Waals surface area contributed by atoms with Gasteiger partial charge in [0.15, 0.2) is 0 Å². The first-order valence-electron chi connectivity index (χ1n) is 6.01. The third-order valence-electron chi connectivity index (χ3n) is 2.78. The topological polar surface area (TPSA) is 29.5 Å². The number of benzene rings is 2. The van der Waals surface area contributed by atoms with Crippen LogP contribution in [0.3, 0.4) is 0 Å². The van der Waals surface area contributed by atoms with Crippen LogP contribution in [0.15, 0.2) is 42.5 Å². The van der Waals surface area contributed by atoms with Crippen LogP contribution in [-0.4, -0.2) is 5.11 Å². The maximum absolute atomic E-state index is 9.96. The Bertz CT molecular complexity index is 570. The minimum atomic E-state index is -0.543. The molecule has 0 aliphatic carbocycles. The zero-order chi connectivity index (χ0) is 13.8. The van der Waals surface area contributed by atoms with E-state index in [-0.39, 0.29) is 0 Å². The number of hydrogen-bond donors (Lipinski definition) is 1. The number of halogens is 2. The third kappa shape index (κ3) is 3.41. The van der Waals surface area contributed by atoms with Crippen LogP contribution >= 0.6 is 23.2 Å². The Morgan fingerprint density at radius 2 is 1.84 bits per heavy atom. The largest absolute Gasteiger partial charge is 0.457 e. The molecule has 1 N–H and O–H groups in total. The second-order valence-electron chi connectivity index (χ2n) is 4.14. The van der Waals surface area contributed by atoms with E-state index in [1.807, 2.05) is 31.2 Å². The number of ether oxygens (including phenoxy) is 1. The van der Waals surface area contributed by atoms with Gasteiger partial charge in [-0.05, 0) is 24.6 Å². The highest BCUT2D eigenvalue weighted by Gasteiger charge is 2.12. The molecule has 0 aliphatic heterocycles. The Kier molecular flexibility index (Phi) is 4.70. The standard InChI is InChI=1S/C15H14Cl2O2/c1-2-14(18)11-5-3-4-6-15(11)19-10-7-8-12(16)13(17)9-10/h3-9,14,18H,2H2,1H3/t14-/m1/s1. The van der Waals surface area contributed by atoms with Crippen LogP contribution < -0.4 is 4.74 Å². The lowest BCUT2D eigenvalue weighted by molar-refractivity contribution is 0.170. The summed E-state index contributed by atoms with van der Waals surface area (Å²) in [5.41, 5.74) is 0.760. The predicted octanol–water partition coefficient (Wildman–Crippen LogP) is 5.23. The van der Waals surface area contributed by atoms with Crippen molar-refractivity contribution >= 4 is 23.2 Å². The van der Waals surface area contributed by atoms with E-state index in [1.54, 1.807) is 18.2 Å². The van der Waals surface area contributed by atoms with E-state index >= 15 is 0 Å². The molecular formula is C15H14Cl2O2. The predicted molar refractivity (Wildman–Crippen MR) is 78.2 cm³/mol. The van der Waals surface area contributed by atoms with Crippen molar-refractivity contribution in [3.63, 3.8) is 0 Å². The van der Waals surface area contributed by atoms with Gasteiger partial charge in [-0.15, -0.1) is 0 Å². The normalized spacial score (nSPS) is 12.2. The molecule has 2 aromatic rings. The van der Waals surface area contributed by atoms with Gasteiger partial charge >= 0.3 is 0 Å². The van der Waals surface area contributed by atoms with E-state index in [9.17, 15) is 5.11 Å². The highest BCUT2D eigenvalue weighted by Crippen LogP contribution is 2.33. The van der Waals surface area contributed by atoms with Gasteiger partial charge in [-0.3, -0.25) is 0 Å². The lowest BCUT2D eigenvalue weighted by Gasteiger charge is -2.14. The SMILES string of the molecule is CC[C@@H](O)c1ccccc1Oc1ccc(Cl)c(Cl)c1. The van der Waals surface area contributed by atoms with E-state index < -0.39 is 6.10 Å². The smallest absolute Gasteiger partial charge is 0.133 e. The molecular weight excluding hydrogens is 283 g/mol. The van der Waals surface area contributed by atoms with Crippen LogP contribution in [0.4, 0.5) is 0 Å². The zero-order valence-corrected chi connectivity index (χ0v) is 11.9. The van der Waals surface area contributed by atoms with Crippen molar-refractivity contribution in [1.82, 2.24) is 0 Å². The van der Waals surface area contributed by atoms with Crippen molar-refractivity contribution in [3.8, 4) is 11.5 Å². The van der Waals surface area contributed by atoms with Crippen molar-refractivity contribution in [1.29, 1.82) is 0 Å². The lowest BCUT2D eigenvalue weighted by atomic mass is 10.1. The molecule has 0 unspecified atom stereocenters. The highest BCUT2D eigenvalue weighted by molar-refractivity contribution is 6.42. The van der Waals surface area contributed by atoms with E-state index in [2.05, 4.69) is 0 Å². The van der Waals surface area contributed by atoms with Crippen LogP contribution in [0.2, 0.25) is 10.0 Å². The molecule has 0 heterocycles. The van der Waals surface area contributed by atoms with Crippen LogP contribution in [0, 0.1) is 0 Å². The number of para-hydroxylation sites is 1. The minimum Gasteiger partial charge on any atom is -0.457 e. The zero-order valence-electron chi connectivity index (χ0n) is 10.4. The quantitative estimate of drug-likeness (QED) is 0.837. The Hall–Kier alpha value is -1.22. The molecule has 0 saturated carbocycles. The Morgan fingerprint density at radius 1 is 1.11 bits per heavy atom. The maximum atomic E-state index is 9.96. The first-order chi connectivity index (χ1) is 9.11. The van der Waals surface area contributed by atoms with Gasteiger partial charge in [-0.25, -0.2) is 0 Å². The van der Waals surface area contributed by atoms with E-state index in [4.69, 9.17) is 27.9 Å². The van der Waals surface area contributed by atoms with Crippen molar-refractivity contribution in [3.05, 3.63) is 58.1 Å². The molecule has 0 aliphatic rings. The van der Waals surface area contributed by atoms with E-state index in [0.717, 1.165) is 5.56 Å². The Balaban J connectivity index is 2.30. The fraction of sp³-hybridized carbons (Fsp3) is 0.200. The molecule has 2 nitrogen and oxygen atoms in total. The van der Waals surface area contributed by atoms with Crippen molar-refractivity contribution in [2.45, 2.75) is 19.4 Å². The van der Waals surface area contributed by atoms with Crippen LogP contribution in [0.5, 0.6) is 11.5 Å². The van der Waals surface area contributed by atoms with Gasteiger partial charge < -0.3 is 9.84 Å². The first kappa shape index (κ1) is 14.2. The average molecular weight is 297 g/mol. The summed E-state index contributed by atoms with van der Waals surface area (Å²) < 4.78 is 5.77. The molecule has 0 amide bonds. The number of aliphatic hydroxyl groups is 1. The molecule has 4 heteroatoms. The molecule has 19 heavy (non-hydrogen) atoms. The number of hydrogen-bond acceptors (Lipinski definition) is 2. The molecule has 0 fully saturated rings. The van der Waals surface area contributed by atoms with Crippen LogP contribution in [0.1, 0.15) is 25.0 Å². The summed E-state index contributed by atoms with van der Waals surface area (Å²) in [5.74, 6) is 1.21. The Morgan fingerprint density at radius 3 is 2.53 bits per heavy atom.